The summed E-state index contributed by atoms with van der Waals surface area (Å²) in [5, 5.41) is 0. The van der Waals surface area contributed by atoms with Gasteiger partial charge in [-0.3, -0.25) is 4.79 Å². The standard InChI is InChI=1S/C19H16F2N2O4S/c20-13-9-14(21)11-15(10-13)23-12-18(19(24)22-5-7-27-8-6-22)28(25,26)17-4-2-1-3-16(17)23/h1-4,9-12H,5-8H2. The van der Waals surface area contributed by atoms with E-state index in [0.29, 0.717) is 13.2 Å². The number of morpholine rings is 1. The smallest absolute Gasteiger partial charge is 0.267 e. The number of hydrogen-bond acceptors (Lipinski definition) is 5. The van der Waals surface area contributed by atoms with Crippen molar-refractivity contribution in [2.45, 2.75) is 4.90 Å². The number of ether oxygens (including phenoxy) is 1. The predicted octanol–water partition coefficient (Wildman–Crippen LogP) is 2.59. The average molecular weight is 406 g/mol. The number of amides is 1. The molecule has 1 amide bonds. The van der Waals surface area contributed by atoms with Gasteiger partial charge in [0.05, 0.1) is 29.5 Å². The summed E-state index contributed by atoms with van der Waals surface area (Å²) < 4.78 is 58.9. The number of fused-ring (bicyclic) bond motifs is 1. The molecule has 2 aromatic rings. The van der Waals surface area contributed by atoms with E-state index in [-0.39, 0.29) is 29.4 Å². The molecule has 9 heteroatoms. The summed E-state index contributed by atoms with van der Waals surface area (Å²) >= 11 is 0. The first kappa shape index (κ1) is 18.6. The van der Waals surface area contributed by atoms with Crippen LogP contribution < -0.4 is 4.90 Å². The minimum atomic E-state index is -4.09. The summed E-state index contributed by atoms with van der Waals surface area (Å²) in [6.45, 7) is 1.16. The van der Waals surface area contributed by atoms with Gasteiger partial charge in [-0.05, 0) is 24.3 Å². The third-order valence-corrected chi connectivity index (χ3v) is 6.37. The van der Waals surface area contributed by atoms with Crippen molar-refractivity contribution in [3.8, 4) is 0 Å². The lowest BCUT2D eigenvalue weighted by Gasteiger charge is -2.32. The van der Waals surface area contributed by atoms with E-state index in [9.17, 15) is 22.0 Å². The molecular weight excluding hydrogens is 390 g/mol. The quantitative estimate of drug-likeness (QED) is 0.767. The van der Waals surface area contributed by atoms with Crippen molar-refractivity contribution >= 4 is 27.1 Å². The van der Waals surface area contributed by atoms with E-state index < -0.39 is 32.3 Å². The van der Waals surface area contributed by atoms with Gasteiger partial charge >= 0.3 is 0 Å². The molecule has 6 nitrogen and oxygen atoms in total. The lowest BCUT2D eigenvalue weighted by Crippen LogP contribution is -2.43. The Morgan fingerprint density at radius 3 is 2.32 bits per heavy atom. The molecule has 0 spiro atoms. The largest absolute Gasteiger partial charge is 0.378 e. The molecule has 0 aromatic heterocycles. The minimum absolute atomic E-state index is 0.0760. The van der Waals surface area contributed by atoms with Crippen LogP contribution in [-0.2, 0) is 19.4 Å². The molecule has 0 unspecified atom stereocenters. The molecule has 1 fully saturated rings. The number of anilines is 2. The van der Waals surface area contributed by atoms with E-state index in [4.69, 9.17) is 4.74 Å². The van der Waals surface area contributed by atoms with Crippen LogP contribution in [0.25, 0.3) is 0 Å². The van der Waals surface area contributed by atoms with Crippen molar-refractivity contribution in [1.29, 1.82) is 0 Å². The van der Waals surface area contributed by atoms with Crippen LogP contribution in [0.1, 0.15) is 0 Å². The number of carbonyl (C=O) groups excluding carboxylic acids is 1. The molecule has 28 heavy (non-hydrogen) atoms. The fourth-order valence-corrected chi connectivity index (χ4v) is 4.78. The SMILES string of the molecule is O=C(C1=CN(c2cc(F)cc(F)c2)c2ccccc2S1(=O)=O)N1CCOCC1. The van der Waals surface area contributed by atoms with Crippen molar-refractivity contribution < 1.29 is 26.7 Å². The second-order valence-corrected chi connectivity index (χ2v) is 8.25. The molecule has 2 heterocycles. The number of carbonyl (C=O) groups is 1. The maximum atomic E-state index is 13.8. The van der Waals surface area contributed by atoms with Gasteiger partial charge in [0.15, 0.2) is 4.91 Å². The maximum absolute atomic E-state index is 13.8. The van der Waals surface area contributed by atoms with Crippen molar-refractivity contribution in [1.82, 2.24) is 4.90 Å². The second-order valence-electron chi connectivity index (χ2n) is 6.37. The van der Waals surface area contributed by atoms with E-state index in [1.54, 1.807) is 6.07 Å². The Morgan fingerprint density at radius 2 is 1.64 bits per heavy atom. The molecular formula is C19H16F2N2O4S. The van der Waals surface area contributed by atoms with Crippen LogP contribution in [0.5, 0.6) is 0 Å². The third-order valence-electron chi connectivity index (χ3n) is 4.58. The number of benzene rings is 2. The Bertz CT molecular complexity index is 1060. The van der Waals surface area contributed by atoms with Crippen LogP contribution in [0.2, 0.25) is 0 Å². The Balaban J connectivity index is 1.87. The average Bonchev–Trinajstić information content (AvgIpc) is 2.67. The summed E-state index contributed by atoms with van der Waals surface area (Å²) in [5.41, 5.74) is 0.290. The molecule has 0 N–H and O–H groups in total. The molecule has 1 saturated heterocycles. The zero-order valence-corrected chi connectivity index (χ0v) is 15.5. The first-order chi connectivity index (χ1) is 13.4. The summed E-state index contributed by atoms with van der Waals surface area (Å²) in [7, 11) is -4.09. The van der Waals surface area contributed by atoms with Crippen molar-refractivity contribution in [3.63, 3.8) is 0 Å². The van der Waals surface area contributed by atoms with Gasteiger partial charge in [-0.25, -0.2) is 17.2 Å². The highest BCUT2D eigenvalue weighted by atomic mass is 32.2. The molecule has 0 atom stereocenters. The van der Waals surface area contributed by atoms with Crippen molar-refractivity contribution in [2.24, 2.45) is 0 Å². The summed E-state index contributed by atoms with van der Waals surface area (Å²) in [6.07, 6.45) is 1.13. The van der Waals surface area contributed by atoms with E-state index in [1.165, 1.54) is 28.0 Å². The summed E-state index contributed by atoms with van der Waals surface area (Å²) in [5.74, 6) is -2.29. The van der Waals surface area contributed by atoms with Gasteiger partial charge in [0.2, 0.25) is 9.84 Å². The fraction of sp³-hybridized carbons (Fsp3) is 0.211. The first-order valence-corrected chi connectivity index (χ1v) is 10.0. The number of sulfone groups is 1. The first-order valence-electron chi connectivity index (χ1n) is 8.56. The topological polar surface area (TPSA) is 66.9 Å². The van der Waals surface area contributed by atoms with Crippen LogP contribution in [0, 0.1) is 11.6 Å². The minimum Gasteiger partial charge on any atom is -0.378 e. The molecule has 2 aliphatic rings. The molecule has 4 rings (SSSR count). The van der Waals surface area contributed by atoms with E-state index in [1.807, 2.05) is 0 Å². The van der Waals surface area contributed by atoms with Crippen LogP contribution in [0.4, 0.5) is 20.2 Å². The van der Waals surface area contributed by atoms with Crippen molar-refractivity contribution in [2.75, 3.05) is 31.2 Å². The van der Waals surface area contributed by atoms with Gasteiger partial charge in [-0.1, -0.05) is 12.1 Å². The fourth-order valence-electron chi connectivity index (χ4n) is 3.24. The van der Waals surface area contributed by atoms with E-state index in [2.05, 4.69) is 0 Å². The maximum Gasteiger partial charge on any atom is 0.267 e. The molecule has 2 aromatic carbocycles. The number of rotatable bonds is 2. The monoisotopic (exact) mass is 406 g/mol. The second kappa shape index (κ2) is 6.99. The lowest BCUT2D eigenvalue weighted by molar-refractivity contribution is -0.130. The van der Waals surface area contributed by atoms with Gasteiger partial charge in [0.25, 0.3) is 5.91 Å². The highest BCUT2D eigenvalue weighted by Gasteiger charge is 2.38. The van der Waals surface area contributed by atoms with Crippen LogP contribution in [0.15, 0.2) is 58.5 Å². The van der Waals surface area contributed by atoms with E-state index in [0.717, 1.165) is 24.4 Å². The molecule has 0 bridgehead atoms. The van der Waals surface area contributed by atoms with Crippen LogP contribution >= 0.6 is 0 Å². The zero-order valence-electron chi connectivity index (χ0n) is 14.6. The Morgan fingerprint density at radius 1 is 1.00 bits per heavy atom. The van der Waals surface area contributed by atoms with E-state index >= 15 is 0 Å². The van der Waals surface area contributed by atoms with Crippen LogP contribution in [-0.4, -0.2) is 45.5 Å². The van der Waals surface area contributed by atoms with Gasteiger partial charge < -0.3 is 14.5 Å². The molecule has 0 radical (unpaired) electrons. The number of hydrogen-bond donors (Lipinski definition) is 0. The highest BCUT2D eigenvalue weighted by molar-refractivity contribution is 7.96. The molecule has 0 saturated carbocycles. The van der Waals surface area contributed by atoms with Gasteiger partial charge in [-0.2, -0.15) is 0 Å². The number of halogens is 2. The lowest BCUT2D eigenvalue weighted by atomic mass is 10.2. The molecule has 2 aliphatic heterocycles. The summed E-state index contributed by atoms with van der Waals surface area (Å²) in [4.78, 5) is 15.1. The molecule has 146 valence electrons. The Labute approximate surface area is 160 Å². The van der Waals surface area contributed by atoms with Gasteiger partial charge in [-0.15, -0.1) is 0 Å². The Kier molecular flexibility index (Phi) is 4.64. The Hall–Kier alpha value is -2.78. The number of para-hydroxylation sites is 1. The van der Waals surface area contributed by atoms with Crippen LogP contribution in [0.3, 0.4) is 0 Å². The molecule has 0 aliphatic carbocycles. The van der Waals surface area contributed by atoms with Gasteiger partial charge in [0, 0.05) is 25.4 Å². The third kappa shape index (κ3) is 3.16. The zero-order chi connectivity index (χ0) is 19.9. The van der Waals surface area contributed by atoms with Gasteiger partial charge in [0.1, 0.15) is 11.6 Å². The number of nitrogens with zero attached hydrogens (tertiary/aromatic N) is 2. The highest BCUT2D eigenvalue weighted by Crippen LogP contribution is 2.40. The van der Waals surface area contributed by atoms with Crippen molar-refractivity contribution in [3.05, 3.63) is 65.2 Å². The predicted molar refractivity (Wildman–Crippen MR) is 97.6 cm³/mol. The summed E-state index contributed by atoms with van der Waals surface area (Å²) in [6, 6.07) is 8.90. The normalized spacial score (nSPS) is 18.4.